The highest BCUT2D eigenvalue weighted by molar-refractivity contribution is 5.10. The summed E-state index contributed by atoms with van der Waals surface area (Å²) in [5.74, 6) is 0. The minimum atomic E-state index is -0.0596. The van der Waals surface area contributed by atoms with Crippen molar-refractivity contribution in [1.29, 1.82) is 0 Å². The molecule has 0 fully saturated rings. The second-order valence-corrected chi connectivity index (χ2v) is 5.06. The highest BCUT2D eigenvalue weighted by Crippen LogP contribution is 2.24. The molecule has 0 aliphatic rings. The van der Waals surface area contributed by atoms with Crippen LogP contribution in [0.1, 0.15) is 45.2 Å². The maximum absolute atomic E-state index is 5.46. The number of ether oxygens (including phenoxy) is 1. The summed E-state index contributed by atoms with van der Waals surface area (Å²) in [7, 11) is 3.72. The van der Waals surface area contributed by atoms with Crippen molar-refractivity contribution in [1.82, 2.24) is 15.1 Å². The zero-order valence-electron chi connectivity index (χ0n) is 11.7. The van der Waals surface area contributed by atoms with E-state index in [1.165, 1.54) is 5.56 Å². The molecule has 4 nitrogen and oxygen atoms in total. The zero-order chi connectivity index (χ0) is 12.9. The number of nitrogens with one attached hydrogen (secondary N) is 1. The lowest BCUT2D eigenvalue weighted by Crippen LogP contribution is -2.27. The van der Waals surface area contributed by atoms with Crippen LogP contribution >= 0.6 is 0 Å². The first-order valence-corrected chi connectivity index (χ1v) is 6.25. The molecule has 0 saturated carbocycles. The molecule has 1 rings (SSSR count). The normalized spacial score (nSPS) is 13.9. The van der Waals surface area contributed by atoms with E-state index in [1.54, 1.807) is 7.11 Å². The SMILES string of the molecule is CCNC(CCC(C)(C)OC)c1cnn(C)c1. The van der Waals surface area contributed by atoms with Crippen molar-refractivity contribution in [2.45, 2.75) is 45.3 Å². The second kappa shape index (κ2) is 6.17. The number of aromatic nitrogens is 2. The van der Waals surface area contributed by atoms with E-state index in [0.717, 1.165) is 19.4 Å². The summed E-state index contributed by atoms with van der Waals surface area (Å²) in [6.45, 7) is 7.34. The highest BCUT2D eigenvalue weighted by atomic mass is 16.5. The molecular weight excluding hydrogens is 214 g/mol. The van der Waals surface area contributed by atoms with E-state index >= 15 is 0 Å². The van der Waals surface area contributed by atoms with Crippen molar-refractivity contribution in [3.63, 3.8) is 0 Å². The van der Waals surface area contributed by atoms with E-state index in [9.17, 15) is 0 Å². The van der Waals surface area contributed by atoms with E-state index in [2.05, 4.69) is 37.4 Å². The van der Waals surface area contributed by atoms with E-state index < -0.39 is 0 Å². The summed E-state index contributed by atoms with van der Waals surface area (Å²) in [4.78, 5) is 0. The molecule has 0 bridgehead atoms. The summed E-state index contributed by atoms with van der Waals surface area (Å²) < 4.78 is 7.31. The minimum absolute atomic E-state index is 0.0596. The Bertz CT molecular complexity index is 333. The summed E-state index contributed by atoms with van der Waals surface area (Å²) in [5, 5.41) is 7.73. The molecule has 0 amide bonds. The van der Waals surface area contributed by atoms with Crippen LogP contribution in [0.2, 0.25) is 0 Å². The van der Waals surface area contributed by atoms with Gasteiger partial charge in [-0.1, -0.05) is 6.92 Å². The Kier molecular flexibility index (Phi) is 5.15. The van der Waals surface area contributed by atoms with Crippen molar-refractivity contribution in [2.24, 2.45) is 7.05 Å². The van der Waals surface area contributed by atoms with E-state index in [1.807, 2.05) is 17.9 Å². The van der Waals surface area contributed by atoms with Crippen molar-refractivity contribution in [3.05, 3.63) is 18.0 Å². The molecule has 1 aromatic rings. The predicted octanol–water partition coefficient (Wildman–Crippen LogP) is 2.28. The maximum atomic E-state index is 5.46. The molecule has 0 radical (unpaired) electrons. The van der Waals surface area contributed by atoms with Crippen LogP contribution in [0.25, 0.3) is 0 Å². The van der Waals surface area contributed by atoms with Gasteiger partial charge >= 0.3 is 0 Å². The molecule has 1 heterocycles. The van der Waals surface area contributed by atoms with Gasteiger partial charge in [0.05, 0.1) is 11.8 Å². The molecule has 0 saturated heterocycles. The summed E-state index contributed by atoms with van der Waals surface area (Å²) in [6.07, 6.45) is 6.09. The van der Waals surface area contributed by atoms with Crippen LogP contribution in [-0.4, -0.2) is 29.0 Å². The van der Waals surface area contributed by atoms with Crippen molar-refractivity contribution in [2.75, 3.05) is 13.7 Å². The molecular formula is C13H25N3O. The quantitative estimate of drug-likeness (QED) is 0.793. The summed E-state index contributed by atoms with van der Waals surface area (Å²) in [6, 6.07) is 0.364. The number of methoxy groups -OCH3 is 1. The lowest BCUT2D eigenvalue weighted by Gasteiger charge is -2.26. The molecule has 0 aromatic carbocycles. The maximum Gasteiger partial charge on any atom is 0.0623 e. The van der Waals surface area contributed by atoms with Crippen LogP contribution in [-0.2, 0) is 11.8 Å². The predicted molar refractivity (Wildman–Crippen MR) is 69.9 cm³/mol. The first-order valence-electron chi connectivity index (χ1n) is 6.25. The van der Waals surface area contributed by atoms with Crippen LogP contribution in [0.5, 0.6) is 0 Å². The second-order valence-electron chi connectivity index (χ2n) is 5.06. The van der Waals surface area contributed by atoms with Crippen molar-refractivity contribution in [3.8, 4) is 0 Å². The van der Waals surface area contributed by atoms with Gasteiger partial charge in [0, 0.05) is 32.0 Å². The van der Waals surface area contributed by atoms with Crippen LogP contribution in [0.3, 0.4) is 0 Å². The Balaban J connectivity index is 2.61. The smallest absolute Gasteiger partial charge is 0.0623 e. The summed E-state index contributed by atoms with van der Waals surface area (Å²) in [5.41, 5.74) is 1.19. The average Bonchev–Trinajstić information content (AvgIpc) is 2.71. The fourth-order valence-corrected chi connectivity index (χ4v) is 1.85. The van der Waals surface area contributed by atoms with E-state index in [0.29, 0.717) is 6.04 Å². The number of aryl methyl sites for hydroxylation is 1. The van der Waals surface area contributed by atoms with Gasteiger partial charge in [0.2, 0.25) is 0 Å². The Morgan fingerprint density at radius 3 is 2.71 bits per heavy atom. The van der Waals surface area contributed by atoms with Gasteiger partial charge in [-0.2, -0.15) is 5.10 Å². The van der Waals surface area contributed by atoms with E-state index in [4.69, 9.17) is 4.74 Å². The molecule has 1 atom stereocenters. The molecule has 1 N–H and O–H groups in total. The number of nitrogens with zero attached hydrogens (tertiary/aromatic N) is 2. The molecule has 1 aromatic heterocycles. The Morgan fingerprint density at radius 1 is 1.53 bits per heavy atom. The van der Waals surface area contributed by atoms with Gasteiger partial charge < -0.3 is 10.1 Å². The topological polar surface area (TPSA) is 39.1 Å². The van der Waals surface area contributed by atoms with Crippen LogP contribution < -0.4 is 5.32 Å². The molecule has 0 aliphatic carbocycles. The standard InChI is InChI=1S/C13H25N3O/c1-6-14-12(7-8-13(2,3)17-5)11-9-15-16(4)10-11/h9-10,12,14H,6-8H2,1-5H3. The van der Waals surface area contributed by atoms with Crippen LogP contribution in [0.4, 0.5) is 0 Å². The summed E-state index contributed by atoms with van der Waals surface area (Å²) >= 11 is 0. The lowest BCUT2D eigenvalue weighted by atomic mass is 9.96. The number of hydrogen-bond donors (Lipinski definition) is 1. The molecule has 98 valence electrons. The molecule has 0 aliphatic heterocycles. The van der Waals surface area contributed by atoms with Crippen LogP contribution in [0, 0.1) is 0 Å². The average molecular weight is 239 g/mol. The fraction of sp³-hybridized carbons (Fsp3) is 0.769. The number of hydrogen-bond acceptors (Lipinski definition) is 3. The fourth-order valence-electron chi connectivity index (χ4n) is 1.85. The Labute approximate surface area is 104 Å². The third kappa shape index (κ3) is 4.48. The van der Waals surface area contributed by atoms with Gasteiger partial charge in [-0.05, 0) is 33.2 Å². The first kappa shape index (κ1) is 14.2. The van der Waals surface area contributed by atoms with Gasteiger partial charge in [0.25, 0.3) is 0 Å². The van der Waals surface area contributed by atoms with Gasteiger partial charge in [0.15, 0.2) is 0 Å². The third-order valence-corrected chi connectivity index (χ3v) is 3.17. The lowest BCUT2D eigenvalue weighted by molar-refractivity contribution is 0.0117. The van der Waals surface area contributed by atoms with Gasteiger partial charge in [-0.25, -0.2) is 0 Å². The van der Waals surface area contributed by atoms with Crippen molar-refractivity contribution >= 4 is 0 Å². The third-order valence-electron chi connectivity index (χ3n) is 3.17. The molecule has 1 unspecified atom stereocenters. The van der Waals surface area contributed by atoms with Crippen molar-refractivity contribution < 1.29 is 4.74 Å². The largest absolute Gasteiger partial charge is 0.379 e. The molecule has 4 heteroatoms. The van der Waals surface area contributed by atoms with Gasteiger partial charge in [-0.15, -0.1) is 0 Å². The number of rotatable bonds is 7. The Hall–Kier alpha value is -0.870. The van der Waals surface area contributed by atoms with Crippen LogP contribution in [0.15, 0.2) is 12.4 Å². The first-order chi connectivity index (χ1) is 7.98. The zero-order valence-corrected chi connectivity index (χ0v) is 11.7. The van der Waals surface area contributed by atoms with Gasteiger partial charge in [-0.3, -0.25) is 4.68 Å². The Morgan fingerprint density at radius 2 is 2.24 bits per heavy atom. The van der Waals surface area contributed by atoms with E-state index in [-0.39, 0.29) is 5.60 Å². The minimum Gasteiger partial charge on any atom is -0.379 e. The molecule has 17 heavy (non-hydrogen) atoms. The van der Waals surface area contributed by atoms with Gasteiger partial charge in [0.1, 0.15) is 0 Å². The molecule has 0 spiro atoms. The highest BCUT2D eigenvalue weighted by Gasteiger charge is 2.20. The monoisotopic (exact) mass is 239 g/mol.